The van der Waals surface area contributed by atoms with E-state index in [-0.39, 0.29) is 25.0 Å². The lowest BCUT2D eigenvalue weighted by molar-refractivity contribution is -0.140. The van der Waals surface area contributed by atoms with E-state index in [0.29, 0.717) is 12.6 Å². The molecule has 0 aromatic heterocycles. The van der Waals surface area contributed by atoms with Gasteiger partial charge >= 0.3 is 12.2 Å². The summed E-state index contributed by atoms with van der Waals surface area (Å²) in [5, 5.41) is 2.14. The van der Waals surface area contributed by atoms with Crippen LogP contribution in [0.4, 0.5) is 28.0 Å². The molecule has 1 heterocycles. The summed E-state index contributed by atoms with van der Waals surface area (Å²) in [5.41, 5.74) is -2.01. The molecule has 1 saturated carbocycles. The highest BCUT2D eigenvalue weighted by Crippen LogP contribution is 2.34. The van der Waals surface area contributed by atoms with Crippen molar-refractivity contribution >= 4 is 17.6 Å². The maximum absolute atomic E-state index is 14.0. The largest absolute Gasteiger partial charge is 0.419 e. The number of hydrogen-bond donors (Lipinski definition) is 1. The van der Waals surface area contributed by atoms with Crippen LogP contribution < -0.4 is 5.32 Å². The number of nitrogens with zero attached hydrogens (tertiary/aromatic N) is 2. The summed E-state index contributed by atoms with van der Waals surface area (Å²) < 4.78 is 52.3. The van der Waals surface area contributed by atoms with Crippen molar-refractivity contribution in [2.24, 2.45) is 0 Å². The average molecular weight is 373 g/mol. The number of nitrogens with one attached hydrogen (secondary N) is 1. The van der Waals surface area contributed by atoms with Gasteiger partial charge in [0.2, 0.25) is 5.91 Å². The van der Waals surface area contributed by atoms with Crippen LogP contribution in [0.3, 0.4) is 0 Å². The van der Waals surface area contributed by atoms with Crippen LogP contribution in [0.2, 0.25) is 0 Å². The molecule has 1 aromatic carbocycles. The van der Waals surface area contributed by atoms with Gasteiger partial charge in [-0.25, -0.2) is 9.18 Å². The lowest BCUT2D eigenvalue weighted by Crippen LogP contribution is -2.55. The van der Waals surface area contributed by atoms with Crippen molar-refractivity contribution in [3.05, 3.63) is 29.6 Å². The first-order valence-electron chi connectivity index (χ1n) is 8.48. The molecule has 9 heteroatoms. The summed E-state index contributed by atoms with van der Waals surface area (Å²) in [5.74, 6) is -1.73. The predicted octanol–water partition coefficient (Wildman–Crippen LogP) is 3.46. The minimum absolute atomic E-state index is 0.164. The third-order valence-electron chi connectivity index (χ3n) is 4.86. The number of halogens is 4. The molecule has 3 rings (SSSR count). The normalized spacial score (nSPS) is 19.2. The zero-order chi connectivity index (χ0) is 18.9. The third-order valence-corrected chi connectivity index (χ3v) is 4.86. The minimum atomic E-state index is -4.85. The van der Waals surface area contributed by atoms with Gasteiger partial charge in [0.15, 0.2) is 5.82 Å². The number of alkyl halides is 3. The SMILES string of the molecule is O=C(Nc1cccc(C(F)(F)F)c1F)N1CCN(C2CCCC2)C(=O)C1. The van der Waals surface area contributed by atoms with E-state index in [1.165, 1.54) is 4.90 Å². The summed E-state index contributed by atoms with van der Waals surface area (Å²) in [4.78, 5) is 27.5. The lowest BCUT2D eigenvalue weighted by atomic mass is 10.1. The smallest absolute Gasteiger partial charge is 0.336 e. The van der Waals surface area contributed by atoms with Gasteiger partial charge in [0.1, 0.15) is 6.54 Å². The Bertz CT molecular complexity index is 702. The van der Waals surface area contributed by atoms with Crippen LogP contribution in [-0.2, 0) is 11.0 Å². The number of carbonyl (C=O) groups excluding carboxylic acids is 2. The molecule has 0 unspecified atom stereocenters. The van der Waals surface area contributed by atoms with Crippen molar-refractivity contribution in [3.8, 4) is 0 Å². The van der Waals surface area contributed by atoms with Gasteiger partial charge in [0.05, 0.1) is 11.3 Å². The molecule has 26 heavy (non-hydrogen) atoms. The fourth-order valence-electron chi connectivity index (χ4n) is 3.50. The van der Waals surface area contributed by atoms with E-state index in [1.54, 1.807) is 4.90 Å². The van der Waals surface area contributed by atoms with Gasteiger partial charge in [-0.3, -0.25) is 4.79 Å². The summed E-state index contributed by atoms with van der Waals surface area (Å²) in [6.45, 7) is 0.472. The number of benzene rings is 1. The third kappa shape index (κ3) is 3.76. The quantitative estimate of drug-likeness (QED) is 0.808. The van der Waals surface area contributed by atoms with E-state index >= 15 is 0 Å². The Morgan fingerprint density at radius 3 is 2.46 bits per heavy atom. The Morgan fingerprint density at radius 2 is 1.85 bits per heavy atom. The van der Waals surface area contributed by atoms with Gasteiger partial charge in [-0.05, 0) is 25.0 Å². The second-order valence-corrected chi connectivity index (χ2v) is 6.54. The highest BCUT2D eigenvalue weighted by atomic mass is 19.4. The van der Waals surface area contributed by atoms with E-state index in [9.17, 15) is 27.2 Å². The molecule has 3 amide bonds. The number of urea groups is 1. The van der Waals surface area contributed by atoms with Crippen molar-refractivity contribution in [1.29, 1.82) is 0 Å². The molecule has 1 aliphatic carbocycles. The summed E-state index contributed by atoms with van der Waals surface area (Å²) in [7, 11) is 0. The molecule has 1 saturated heterocycles. The molecule has 1 aromatic rings. The zero-order valence-corrected chi connectivity index (χ0v) is 14.0. The maximum Gasteiger partial charge on any atom is 0.419 e. The molecule has 142 valence electrons. The van der Waals surface area contributed by atoms with Gasteiger partial charge in [-0.2, -0.15) is 13.2 Å². The molecule has 2 fully saturated rings. The fraction of sp³-hybridized carbons (Fsp3) is 0.529. The van der Waals surface area contributed by atoms with Crippen LogP contribution in [0.15, 0.2) is 18.2 Å². The van der Waals surface area contributed by atoms with Crippen molar-refractivity contribution in [3.63, 3.8) is 0 Å². The molecule has 0 atom stereocenters. The summed E-state index contributed by atoms with van der Waals surface area (Å²) in [6.07, 6.45) is -0.796. The number of amides is 3. The zero-order valence-electron chi connectivity index (χ0n) is 14.0. The van der Waals surface area contributed by atoms with Crippen LogP contribution in [0.25, 0.3) is 0 Å². The summed E-state index contributed by atoms with van der Waals surface area (Å²) in [6, 6.07) is 2.09. The Balaban J connectivity index is 1.65. The summed E-state index contributed by atoms with van der Waals surface area (Å²) >= 11 is 0. The van der Waals surface area contributed by atoms with Crippen molar-refractivity contribution in [2.75, 3.05) is 25.0 Å². The highest BCUT2D eigenvalue weighted by Gasteiger charge is 2.36. The first-order valence-corrected chi connectivity index (χ1v) is 8.48. The topological polar surface area (TPSA) is 52.7 Å². The van der Waals surface area contributed by atoms with Crippen molar-refractivity contribution in [2.45, 2.75) is 37.9 Å². The molecule has 5 nitrogen and oxygen atoms in total. The number of anilines is 1. The number of rotatable bonds is 2. The maximum atomic E-state index is 14.0. The van der Waals surface area contributed by atoms with Gasteiger partial charge in [0, 0.05) is 19.1 Å². The predicted molar refractivity (Wildman–Crippen MR) is 86.0 cm³/mol. The van der Waals surface area contributed by atoms with Crippen molar-refractivity contribution in [1.82, 2.24) is 9.80 Å². The highest BCUT2D eigenvalue weighted by molar-refractivity contribution is 5.93. The van der Waals surface area contributed by atoms with E-state index in [0.717, 1.165) is 37.8 Å². The molecule has 2 aliphatic rings. The molecular formula is C17H19F4N3O2. The Morgan fingerprint density at radius 1 is 1.15 bits per heavy atom. The average Bonchev–Trinajstić information content (AvgIpc) is 3.09. The second-order valence-electron chi connectivity index (χ2n) is 6.54. The van der Waals surface area contributed by atoms with Gasteiger partial charge < -0.3 is 15.1 Å². The second kappa shape index (κ2) is 7.13. The van der Waals surface area contributed by atoms with E-state index in [4.69, 9.17) is 0 Å². The van der Waals surface area contributed by atoms with Gasteiger partial charge in [0.25, 0.3) is 0 Å². The van der Waals surface area contributed by atoms with Gasteiger partial charge in [-0.1, -0.05) is 18.9 Å². The molecule has 0 radical (unpaired) electrons. The standard InChI is InChI=1S/C17H19F4N3O2/c18-15-12(17(19,20)21)6-3-7-13(15)22-16(26)23-8-9-24(14(25)10-23)11-4-1-2-5-11/h3,6-7,11H,1-2,4-5,8-10H2,(H,22,26). The molecule has 1 aliphatic heterocycles. The molecular weight excluding hydrogens is 354 g/mol. The van der Waals surface area contributed by atoms with Crippen LogP contribution in [0.1, 0.15) is 31.2 Å². The Hall–Kier alpha value is -2.32. The minimum Gasteiger partial charge on any atom is -0.336 e. The number of carbonyl (C=O) groups is 2. The Kier molecular flexibility index (Phi) is 5.06. The number of hydrogen-bond acceptors (Lipinski definition) is 2. The first-order chi connectivity index (χ1) is 12.3. The van der Waals surface area contributed by atoms with E-state index < -0.39 is 29.3 Å². The fourth-order valence-corrected chi connectivity index (χ4v) is 3.50. The van der Waals surface area contributed by atoms with E-state index in [2.05, 4.69) is 5.32 Å². The van der Waals surface area contributed by atoms with Crippen LogP contribution in [0.5, 0.6) is 0 Å². The van der Waals surface area contributed by atoms with Gasteiger partial charge in [-0.15, -0.1) is 0 Å². The monoisotopic (exact) mass is 373 g/mol. The van der Waals surface area contributed by atoms with E-state index in [1.807, 2.05) is 0 Å². The number of piperazine rings is 1. The van der Waals surface area contributed by atoms with Crippen molar-refractivity contribution < 1.29 is 27.2 Å². The Labute approximate surface area is 147 Å². The molecule has 0 spiro atoms. The lowest BCUT2D eigenvalue weighted by Gasteiger charge is -2.37. The molecule has 1 N–H and O–H groups in total. The van der Waals surface area contributed by atoms with Crippen LogP contribution >= 0.6 is 0 Å². The molecule has 0 bridgehead atoms. The van der Waals surface area contributed by atoms with Crippen LogP contribution in [-0.4, -0.2) is 47.4 Å². The van der Waals surface area contributed by atoms with Crippen LogP contribution in [0, 0.1) is 5.82 Å². The first kappa shape index (κ1) is 18.5.